The lowest BCUT2D eigenvalue weighted by Gasteiger charge is -2.16. The van der Waals surface area contributed by atoms with Gasteiger partial charge in [-0.2, -0.15) is 11.8 Å². The van der Waals surface area contributed by atoms with E-state index in [1.54, 1.807) is 0 Å². The van der Waals surface area contributed by atoms with Gasteiger partial charge in [0.05, 0.1) is 6.04 Å². The monoisotopic (exact) mass is 228 g/mol. The summed E-state index contributed by atoms with van der Waals surface area (Å²) in [5.74, 6) is 8.66. The zero-order chi connectivity index (χ0) is 11.1. The molecule has 1 atom stereocenters. The van der Waals surface area contributed by atoms with Crippen LogP contribution in [-0.2, 0) is 6.54 Å². The highest BCUT2D eigenvalue weighted by Crippen LogP contribution is 2.16. The van der Waals surface area contributed by atoms with Gasteiger partial charge in [-0.1, -0.05) is 13.8 Å². The topological polar surface area (TPSA) is 55.9 Å². The Bertz CT molecular complexity index is 274. The van der Waals surface area contributed by atoms with E-state index >= 15 is 0 Å². The van der Waals surface area contributed by atoms with Crippen LogP contribution in [0.4, 0.5) is 0 Å². The lowest BCUT2D eigenvalue weighted by Crippen LogP contribution is -2.32. The molecule has 0 amide bonds. The summed E-state index contributed by atoms with van der Waals surface area (Å²) in [5.41, 5.74) is 2.83. The highest BCUT2D eigenvalue weighted by Gasteiger charge is 2.14. The maximum atomic E-state index is 5.55. The van der Waals surface area contributed by atoms with Gasteiger partial charge in [0.15, 0.2) is 0 Å². The molecule has 1 unspecified atom stereocenters. The van der Waals surface area contributed by atoms with Crippen LogP contribution >= 0.6 is 11.8 Å². The average molecular weight is 228 g/mol. The van der Waals surface area contributed by atoms with E-state index in [0.29, 0.717) is 0 Å². The molecule has 15 heavy (non-hydrogen) atoms. The van der Waals surface area contributed by atoms with E-state index in [0.717, 1.165) is 30.3 Å². The molecule has 0 bridgehead atoms. The molecule has 4 nitrogen and oxygen atoms in total. The lowest BCUT2D eigenvalue weighted by atomic mass is 10.3. The Morgan fingerprint density at radius 3 is 3.00 bits per heavy atom. The zero-order valence-corrected chi connectivity index (χ0v) is 10.3. The van der Waals surface area contributed by atoms with Gasteiger partial charge in [-0.3, -0.25) is 5.84 Å². The number of nitrogens with one attached hydrogen (secondary N) is 1. The molecule has 0 aromatic carbocycles. The van der Waals surface area contributed by atoms with Crippen LogP contribution in [0.1, 0.15) is 32.1 Å². The van der Waals surface area contributed by atoms with Crippen molar-refractivity contribution < 1.29 is 0 Å². The molecule has 0 saturated heterocycles. The minimum Gasteiger partial charge on any atom is -0.334 e. The van der Waals surface area contributed by atoms with Crippen LogP contribution < -0.4 is 11.3 Å². The Hall–Kier alpha value is -0.520. The molecule has 1 rings (SSSR count). The molecule has 0 fully saturated rings. The van der Waals surface area contributed by atoms with Gasteiger partial charge in [0, 0.05) is 24.7 Å². The minimum atomic E-state index is 0.150. The number of hydrogen-bond acceptors (Lipinski definition) is 4. The third-order valence-electron chi connectivity index (χ3n) is 2.21. The number of rotatable bonds is 7. The Morgan fingerprint density at radius 2 is 2.40 bits per heavy atom. The molecule has 0 aliphatic carbocycles. The van der Waals surface area contributed by atoms with Gasteiger partial charge in [-0.05, 0) is 12.2 Å². The molecular weight excluding hydrogens is 208 g/mol. The van der Waals surface area contributed by atoms with Crippen LogP contribution in [0.5, 0.6) is 0 Å². The van der Waals surface area contributed by atoms with Crippen molar-refractivity contribution in [3.63, 3.8) is 0 Å². The summed E-state index contributed by atoms with van der Waals surface area (Å²) in [7, 11) is 0. The molecule has 0 saturated carbocycles. The maximum absolute atomic E-state index is 5.55. The smallest absolute Gasteiger partial charge is 0.128 e. The summed E-state index contributed by atoms with van der Waals surface area (Å²) in [6, 6.07) is 0.150. The van der Waals surface area contributed by atoms with Gasteiger partial charge < -0.3 is 4.57 Å². The number of nitrogens with two attached hydrogens (primary N) is 1. The first-order chi connectivity index (χ1) is 7.33. The molecule has 5 heteroatoms. The van der Waals surface area contributed by atoms with Crippen molar-refractivity contribution in [2.75, 3.05) is 11.5 Å². The Morgan fingerprint density at radius 1 is 1.60 bits per heavy atom. The van der Waals surface area contributed by atoms with Crippen molar-refractivity contribution >= 4 is 11.8 Å². The summed E-state index contributed by atoms with van der Waals surface area (Å²) in [5, 5.41) is 0. The van der Waals surface area contributed by atoms with Crippen molar-refractivity contribution in [1.82, 2.24) is 15.0 Å². The number of hydrogen-bond donors (Lipinski definition) is 2. The van der Waals surface area contributed by atoms with Crippen LogP contribution in [-0.4, -0.2) is 21.1 Å². The number of aryl methyl sites for hydroxylation is 1. The van der Waals surface area contributed by atoms with Gasteiger partial charge in [-0.15, -0.1) is 0 Å². The van der Waals surface area contributed by atoms with E-state index < -0.39 is 0 Å². The Balaban J connectivity index is 2.67. The van der Waals surface area contributed by atoms with Crippen LogP contribution in [0, 0.1) is 0 Å². The van der Waals surface area contributed by atoms with E-state index in [2.05, 4.69) is 28.8 Å². The Labute approximate surface area is 95.6 Å². The lowest BCUT2D eigenvalue weighted by molar-refractivity contribution is 0.528. The molecule has 1 aromatic heterocycles. The van der Waals surface area contributed by atoms with E-state index in [1.807, 2.05) is 24.2 Å². The first-order valence-corrected chi connectivity index (χ1v) is 6.53. The summed E-state index contributed by atoms with van der Waals surface area (Å²) < 4.78 is 2.17. The standard InChI is InChI=1S/C10H20N4S/c1-3-6-14-7-5-12-10(14)9(13-11)8-15-4-2/h5,7,9,13H,3-4,6,8,11H2,1-2H3. The number of aromatic nitrogens is 2. The van der Waals surface area contributed by atoms with Gasteiger partial charge >= 0.3 is 0 Å². The fourth-order valence-electron chi connectivity index (χ4n) is 1.49. The fourth-order valence-corrected chi connectivity index (χ4v) is 2.21. The minimum absolute atomic E-state index is 0.150. The van der Waals surface area contributed by atoms with Crippen LogP contribution in [0.2, 0.25) is 0 Å². The van der Waals surface area contributed by atoms with Gasteiger partial charge in [0.1, 0.15) is 5.82 Å². The average Bonchev–Trinajstić information content (AvgIpc) is 2.68. The molecule has 86 valence electrons. The van der Waals surface area contributed by atoms with Crippen molar-refractivity contribution in [1.29, 1.82) is 0 Å². The third-order valence-corrected chi connectivity index (χ3v) is 3.19. The van der Waals surface area contributed by atoms with E-state index in [9.17, 15) is 0 Å². The second kappa shape index (κ2) is 6.87. The first-order valence-electron chi connectivity index (χ1n) is 5.38. The van der Waals surface area contributed by atoms with E-state index in [-0.39, 0.29) is 6.04 Å². The number of imidazole rings is 1. The van der Waals surface area contributed by atoms with Crippen LogP contribution in [0.15, 0.2) is 12.4 Å². The summed E-state index contributed by atoms with van der Waals surface area (Å²) in [4.78, 5) is 4.37. The molecule has 0 radical (unpaired) electrons. The maximum Gasteiger partial charge on any atom is 0.128 e. The second-order valence-corrected chi connectivity index (χ2v) is 4.68. The van der Waals surface area contributed by atoms with Crippen LogP contribution in [0.3, 0.4) is 0 Å². The quantitative estimate of drug-likeness (QED) is 0.549. The van der Waals surface area contributed by atoms with Crippen molar-refractivity contribution in [3.8, 4) is 0 Å². The number of thioether (sulfide) groups is 1. The summed E-state index contributed by atoms with van der Waals surface area (Å²) in [6.07, 6.45) is 4.97. The normalized spacial score (nSPS) is 13.0. The molecule has 1 heterocycles. The molecule has 3 N–H and O–H groups in total. The fraction of sp³-hybridized carbons (Fsp3) is 0.700. The number of nitrogens with zero attached hydrogens (tertiary/aromatic N) is 2. The zero-order valence-electron chi connectivity index (χ0n) is 9.44. The van der Waals surface area contributed by atoms with Gasteiger partial charge in [0.25, 0.3) is 0 Å². The molecular formula is C10H20N4S. The van der Waals surface area contributed by atoms with Crippen molar-refractivity contribution in [3.05, 3.63) is 18.2 Å². The first kappa shape index (κ1) is 12.5. The second-order valence-electron chi connectivity index (χ2n) is 3.36. The summed E-state index contributed by atoms with van der Waals surface area (Å²) >= 11 is 1.87. The highest BCUT2D eigenvalue weighted by atomic mass is 32.2. The van der Waals surface area contributed by atoms with Gasteiger partial charge in [-0.25, -0.2) is 10.4 Å². The predicted octanol–water partition coefficient (Wildman–Crippen LogP) is 1.55. The molecule has 0 spiro atoms. The highest BCUT2D eigenvalue weighted by molar-refractivity contribution is 7.99. The van der Waals surface area contributed by atoms with Crippen molar-refractivity contribution in [2.24, 2.45) is 5.84 Å². The van der Waals surface area contributed by atoms with Gasteiger partial charge in [0.2, 0.25) is 0 Å². The van der Waals surface area contributed by atoms with E-state index in [1.165, 1.54) is 0 Å². The predicted molar refractivity (Wildman–Crippen MR) is 65.6 cm³/mol. The molecule has 0 aliphatic heterocycles. The molecule has 1 aromatic rings. The SMILES string of the molecule is CCCn1ccnc1C(CSCC)NN. The van der Waals surface area contributed by atoms with E-state index in [4.69, 9.17) is 5.84 Å². The largest absolute Gasteiger partial charge is 0.334 e. The van der Waals surface area contributed by atoms with Crippen LogP contribution in [0.25, 0.3) is 0 Å². The Kier molecular flexibility index (Phi) is 5.75. The number of hydrazine groups is 1. The van der Waals surface area contributed by atoms with Crippen molar-refractivity contribution in [2.45, 2.75) is 32.9 Å². The summed E-state index contributed by atoms with van der Waals surface area (Å²) in [6.45, 7) is 5.32. The third kappa shape index (κ3) is 3.52. The molecule has 0 aliphatic rings.